The molecule has 1 aliphatic rings. The van der Waals surface area contributed by atoms with E-state index in [1.807, 2.05) is 0 Å². The summed E-state index contributed by atoms with van der Waals surface area (Å²) in [5, 5.41) is 3.53. The maximum absolute atomic E-state index is 4.57. The Kier molecular flexibility index (Phi) is 4.64. The maximum Gasteiger partial charge on any atom is 0.203 e. The van der Waals surface area contributed by atoms with Gasteiger partial charge in [-0.2, -0.15) is 0 Å². The van der Waals surface area contributed by atoms with Crippen molar-refractivity contribution < 1.29 is 0 Å². The molecule has 0 spiro atoms. The number of aromatic nitrogens is 2. The third kappa shape index (κ3) is 3.25. The number of hydrogen-bond acceptors (Lipinski definition) is 3. The molecule has 1 aromatic rings. The van der Waals surface area contributed by atoms with Crippen molar-refractivity contribution in [3.8, 4) is 0 Å². The van der Waals surface area contributed by atoms with Crippen LogP contribution in [0, 0.1) is 6.92 Å². The number of aryl methyl sites for hydroxylation is 2. The lowest BCUT2D eigenvalue weighted by molar-refractivity contribution is 0.194. The first kappa shape index (κ1) is 13.4. The average Bonchev–Trinajstić information content (AvgIpc) is 2.69. The minimum absolute atomic E-state index is 0.658. The second-order valence-electron chi connectivity index (χ2n) is 5.41. The van der Waals surface area contributed by atoms with Gasteiger partial charge in [0.15, 0.2) is 0 Å². The van der Waals surface area contributed by atoms with Crippen LogP contribution in [-0.2, 0) is 6.54 Å². The molecule has 1 unspecified atom stereocenters. The smallest absolute Gasteiger partial charge is 0.203 e. The molecule has 0 bridgehead atoms. The highest BCUT2D eigenvalue weighted by atomic mass is 15.2. The van der Waals surface area contributed by atoms with Gasteiger partial charge in [-0.3, -0.25) is 0 Å². The number of nitrogens with zero attached hydrogens (tertiary/aromatic N) is 3. The van der Waals surface area contributed by atoms with E-state index in [-0.39, 0.29) is 0 Å². The van der Waals surface area contributed by atoms with Gasteiger partial charge in [-0.05, 0) is 39.8 Å². The number of piperidine rings is 1. The third-order valence-electron chi connectivity index (χ3n) is 3.78. The van der Waals surface area contributed by atoms with Crippen LogP contribution in [0.25, 0.3) is 0 Å². The lowest BCUT2D eigenvalue weighted by atomic mass is 10.0. The van der Waals surface area contributed by atoms with Gasteiger partial charge in [-0.15, -0.1) is 0 Å². The van der Waals surface area contributed by atoms with E-state index >= 15 is 0 Å². The van der Waals surface area contributed by atoms with E-state index in [9.17, 15) is 0 Å². The summed E-state index contributed by atoms with van der Waals surface area (Å²) in [7, 11) is 2.23. The quantitative estimate of drug-likeness (QED) is 0.871. The second-order valence-corrected chi connectivity index (χ2v) is 5.41. The van der Waals surface area contributed by atoms with Crippen LogP contribution < -0.4 is 5.32 Å². The minimum atomic E-state index is 0.658. The molecular weight excluding hydrogens is 224 g/mol. The monoisotopic (exact) mass is 250 g/mol. The Balaban J connectivity index is 1.92. The van der Waals surface area contributed by atoms with Gasteiger partial charge in [0.05, 0.1) is 5.69 Å². The van der Waals surface area contributed by atoms with Crippen LogP contribution in [0.15, 0.2) is 6.20 Å². The Morgan fingerprint density at radius 2 is 2.28 bits per heavy atom. The van der Waals surface area contributed by atoms with Crippen LogP contribution in [0.1, 0.15) is 38.3 Å². The van der Waals surface area contributed by atoms with Crippen LogP contribution in [0.3, 0.4) is 0 Å². The summed E-state index contributed by atoms with van der Waals surface area (Å²) < 4.78 is 2.23. The van der Waals surface area contributed by atoms with Crippen molar-refractivity contribution >= 4 is 5.95 Å². The molecule has 0 aliphatic carbocycles. The highest BCUT2D eigenvalue weighted by Gasteiger charge is 2.19. The van der Waals surface area contributed by atoms with Crippen molar-refractivity contribution in [2.24, 2.45) is 0 Å². The Morgan fingerprint density at radius 1 is 1.44 bits per heavy atom. The molecule has 2 heterocycles. The van der Waals surface area contributed by atoms with Crippen molar-refractivity contribution in [2.45, 2.75) is 52.1 Å². The summed E-state index contributed by atoms with van der Waals surface area (Å²) in [6.07, 6.45) is 7.29. The number of likely N-dealkylation sites (tertiary alicyclic amines) is 1. The molecule has 2 rings (SSSR count). The predicted molar refractivity (Wildman–Crippen MR) is 76.0 cm³/mol. The van der Waals surface area contributed by atoms with Crippen LogP contribution in [0.5, 0.6) is 0 Å². The van der Waals surface area contributed by atoms with Gasteiger partial charge in [0.1, 0.15) is 0 Å². The largest absolute Gasteiger partial charge is 0.354 e. The number of nitrogens with one attached hydrogen (secondary N) is 1. The lowest BCUT2D eigenvalue weighted by Gasteiger charge is -2.32. The topological polar surface area (TPSA) is 33.1 Å². The summed E-state index contributed by atoms with van der Waals surface area (Å²) in [5.74, 6) is 1.04. The molecule has 1 aromatic heterocycles. The van der Waals surface area contributed by atoms with E-state index in [1.54, 1.807) is 0 Å². The van der Waals surface area contributed by atoms with Gasteiger partial charge in [0.25, 0.3) is 0 Å². The highest BCUT2D eigenvalue weighted by molar-refractivity contribution is 5.29. The Labute approximate surface area is 110 Å². The molecule has 1 aliphatic heterocycles. The van der Waals surface area contributed by atoms with Gasteiger partial charge in [-0.1, -0.05) is 13.3 Å². The van der Waals surface area contributed by atoms with Crippen molar-refractivity contribution in [1.82, 2.24) is 14.5 Å². The maximum atomic E-state index is 4.57. The number of likely N-dealkylation sites (N-methyl/N-ethyl adjacent to an activating group) is 1. The summed E-state index contributed by atoms with van der Waals surface area (Å²) in [5.41, 5.74) is 1.10. The van der Waals surface area contributed by atoms with Crippen molar-refractivity contribution in [3.63, 3.8) is 0 Å². The van der Waals surface area contributed by atoms with E-state index in [0.717, 1.165) is 31.2 Å². The molecule has 18 heavy (non-hydrogen) atoms. The first-order valence-electron chi connectivity index (χ1n) is 7.18. The number of rotatable bonds is 5. The van der Waals surface area contributed by atoms with Gasteiger partial charge in [-0.25, -0.2) is 4.98 Å². The zero-order chi connectivity index (χ0) is 13.0. The summed E-state index contributed by atoms with van der Waals surface area (Å²) in [6, 6.07) is 0.658. The zero-order valence-corrected chi connectivity index (χ0v) is 11.9. The molecule has 0 amide bonds. The lowest BCUT2D eigenvalue weighted by Crippen LogP contribution is -2.41. The van der Waals surface area contributed by atoms with Gasteiger partial charge < -0.3 is 14.8 Å². The van der Waals surface area contributed by atoms with Crippen LogP contribution >= 0.6 is 0 Å². The summed E-state index contributed by atoms with van der Waals surface area (Å²) >= 11 is 0. The third-order valence-corrected chi connectivity index (χ3v) is 3.78. The number of imidazole rings is 1. The molecular formula is C14H26N4. The minimum Gasteiger partial charge on any atom is -0.354 e. The molecule has 4 nitrogen and oxygen atoms in total. The Morgan fingerprint density at radius 3 is 3.00 bits per heavy atom. The van der Waals surface area contributed by atoms with E-state index < -0.39 is 0 Å². The van der Waals surface area contributed by atoms with Gasteiger partial charge >= 0.3 is 0 Å². The van der Waals surface area contributed by atoms with Crippen molar-refractivity contribution in [2.75, 3.05) is 25.5 Å². The van der Waals surface area contributed by atoms with Gasteiger partial charge in [0, 0.05) is 25.3 Å². The molecule has 102 valence electrons. The first-order chi connectivity index (χ1) is 8.70. The fourth-order valence-electron chi connectivity index (χ4n) is 2.71. The molecule has 1 atom stereocenters. The average molecular weight is 250 g/mol. The van der Waals surface area contributed by atoms with Crippen molar-refractivity contribution in [1.29, 1.82) is 0 Å². The van der Waals surface area contributed by atoms with Gasteiger partial charge in [0.2, 0.25) is 5.95 Å². The second kappa shape index (κ2) is 6.23. The number of hydrogen-bond donors (Lipinski definition) is 1. The molecule has 1 saturated heterocycles. The van der Waals surface area contributed by atoms with Crippen LogP contribution in [-0.4, -0.2) is 40.6 Å². The number of anilines is 1. The standard InChI is InChI=1S/C14H26N4/c1-4-8-18-11-12(2)16-14(18)15-10-13-7-5-6-9-17(13)3/h11,13H,4-10H2,1-3H3,(H,15,16). The molecule has 4 heteroatoms. The fraction of sp³-hybridized carbons (Fsp3) is 0.786. The Hall–Kier alpha value is -1.03. The van der Waals surface area contributed by atoms with E-state index in [1.165, 1.54) is 25.8 Å². The molecule has 0 saturated carbocycles. The SMILES string of the molecule is CCCn1cc(C)nc1NCC1CCCCN1C. The first-order valence-corrected chi connectivity index (χ1v) is 7.18. The molecule has 0 radical (unpaired) electrons. The summed E-state index contributed by atoms with van der Waals surface area (Å²) in [6.45, 7) is 7.55. The normalized spacial score (nSPS) is 21.2. The highest BCUT2D eigenvalue weighted by Crippen LogP contribution is 2.16. The molecule has 1 N–H and O–H groups in total. The van der Waals surface area contributed by atoms with E-state index in [0.29, 0.717) is 6.04 Å². The van der Waals surface area contributed by atoms with E-state index in [2.05, 4.69) is 46.9 Å². The van der Waals surface area contributed by atoms with Crippen LogP contribution in [0.2, 0.25) is 0 Å². The fourth-order valence-corrected chi connectivity index (χ4v) is 2.71. The zero-order valence-electron chi connectivity index (χ0n) is 11.9. The van der Waals surface area contributed by atoms with E-state index in [4.69, 9.17) is 0 Å². The summed E-state index contributed by atoms with van der Waals surface area (Å²) in [4.78, 5) is 7.04. The predicted octanol–water partition coefficient (Wildman–Crippen LogP) is 2.50. The van der Waals surface area contributed by atoms with Crippen LogP contribution in [0.4, 0.5) is 5.95 Å². The Bertz CT molecular complexity index is 372. The molecule has 0 aromatic carbocycles. The molecule has 1 fully saturated rings. The van der Waals surface area contributed by atoms with Crippen molar-refractivity contribution in [3.05, 3.63) is 11.9 Å².